The minimum atomic E-state index is -4.44. The monoisotopic (exact) mass is 372 g/mol. The van der Waals surface area contributed by atoms with Gasteiger partial charge in [0, 0.05) is 18.2 Å². The predicted molar refractivity (Wildman–Crippen MR) is 90.6 cm³/mol. The molecule has 2 rings (SSSR count). The van der Waals surface area contributed by atoms with Crippen LogP contribution in [0, 0.1) is 0 Å². The second kappa shape index (κ2) is 7.90. The van der Waals surface area contributed by atoms with Crippen molar-refractivity contribution in [2.45, 2.75) is 44.6 Å². The highest BCUT2D eigenvalue weighted by molar-refractivity contribution is 7.99. The van der Waals surface area contributed by atoms with E-state index in [4.69, 9.17) is 0 Å². The van der Waals surface area contributed by atoms with Crippen LogP contribution in [0.15, 0.2) is 29.4 Å². The van der Waals surface area contributed by atoms with E-state index >= 15 is 0 Å². The van der Waals surface area contributed by atoms with E-state index in [1.54, 1.807) is 0 Å². The largest absolute Gasteiger partial charge is 0.416 e. The third-order valence-corrected chi connectivity index (χ3v) is 4.35. The van der Waals surface area contributed by atoms with Crippen LogP contribution >= 0.6 is 11.8 Å². The fourth-order valence-corrected chi connectivity index (χ4v) is 3.04. The molecule has 1 amide bonds. The average Bonchev–Trinajstić information content (AvgIpc) is 2.95. The Balaban J connectivity index is 2.00. The van der Waals surface area contributed by atoms with Crippen molar-refractivity contribution < 1.29 is 18.0 Å². The normalized spacial score (nSPS) is 11.8. The third kappa shape index (κ3) is 4.97. The molecule has 1 aromatic carbocycles. The number of nitrogens with zero attached hydrogens (tertiary/aromatic N) is 3. The molecule has 0 saturated carbocycles. The van der Waals surface area contributed by atoms with E-state index in [9.17, 15) is 18.0 Å². The van der Waals surface area contributed by atoms with Gasteiger partial charge in [-0.1, -0.05) is 31.7 Å². The van der Waals surface area contributed by atoms with Crippen LogP contribution in [-0.4, -0.2) is 26.4 Å². The lowest BCUT2D eigenvalue weighted by Gasteiger charge is -2.10. The van der Waals surface area contributed by atoms with Crippen molar-refractivity contribution in [2.24, 2.45) is 0 Å². The van der Waals surface area contributed by atoms with Gasteiger partial charge in [-0.05, 0) is 25.1 Å². The summed E-state index contributed by atoms with van der Waals surface area (Å²) in [6, 6.07) is 4.55. The van der Waals surface area contributed by atoms with E-state index in [1.807, 2.05) is 25.3 Å². The molecule has 0 aliphatic rings. The molecular formula is C16H19F3N4OS. The standard InChI is InChI=1S/C16H19F3N4OS/c1-4-23-14(10(2)3)21-22-15(23)25-9-13(24)20-12-7-5-6-11(8-12)16(17,18)19/h5-8,10H,4,9H2,1-3H3,(H,20,24). The maximum Gasteiger partial charge on any atom is 0.416 e. The van der Waals surface area contributed by atoms with Gasteiger partial charge in [0.05, 0.1) is 11.3 Å². The third-order valence-electron chi connectivity index (χ3n) is 3.38. The van der Waals surface area contributed by atoms with Gasteiger partial charge in [-0.15, -0.1) is 10.2 Å². The first kappa shape index (κ1) is 19.3. The number of anilines is 1. The molecule has 1 N–H and O–H groups in total. The van der Waals surface area contributed by atoms with Crippen LogP contribution in [0.25, 0.3) is 0 Å². The van der Waals surface area contributed by atoms with Crippen LogP contribution in [-0.2, 0) is 17.5 Å². The van der Waals surface area contributed by atoms with Gasteiger partial charge < -0.3 is 9.88 Å². The maximum atomic E-state index is 12.7. The number of benzene rings is 1. The van der Waals surface area contributed by atoms with Crippen LogP contribution in [0.1, 0.15) is 38.1 Å². The summed E-state index contributed by atoms with van der Waals surface area (Å²) < 4.78 is 40.0. The zero-order valence-electron chi connectivity index (χ0n) is 14.1. The Morgan fingerprint density at radius 2 is 2.04 bits per heavy atom. The molecule has 0 fully saturated rings. The number of amides is 1. The maximum absolute atomic E-state index is 12.7. The van der Waals surface area contributed by atoms with Crippen molar-refractivity contribution in [2.75, 3.05) is 11.1 Å². The van der Waals surface area contributed by atoms with Gasteiger partial charge in [-0.25, -0.2) is 0 Å². The Morgan fingerprint density at radius 3 is 2.64 bits per heavy atom. The zero-order valence-corrected chi connectivity index (χ0v) is 14.9. The van der Waals surface area contributed by atoms with Crippen LogP contribution in [0.4, 0.5) is 18.9 Å². The molecule has 5 nitrogen and oxygen atoms in total. The van der Waals surface area contributed by atoms with Crippen molar-refractivity contribution >= 4 is 23.4 Å². The van der Waals surface area contributed by atoms with Crippen molar-refractivity contribution in [1.82, 2.24) is 14.8 Å². The van der Waals surface area contributed by atoms with Crippen LogP contribution < -0.4 is 5.32 Å². The van der Waals surface area contributed by atoms with E-state index < -0.39 is 17.6 Å². The quantitative estimate of drug-likeness (QED) is 0.773. The molecule has 1 heterocycles. The average molecular weight is 372 g/mol. The summed E-state index contributed by atoms with van der Waals surface area (Å²) in [5.41, 5.74) is -0.689. The van der Waals surface area contributed by atoms with Crippen LogP contribution in [0.5, 0.6) is 0 Å². The van der Waals surface area contributed by atoms with Crippen molar-refractivity contribution in [3.05, 3.63) is 35.7 Å². The van der Waals surface area contributed by atoms with E-state index in [0.717, 1.165) is 18.0 Å². The molecule has 0 aliphatic carbocycles. The van der Waals surface area contributed by atoms with Crippen molar-refractivity contribution in [1.29, 1.82) is 0 Å². The zero-order chi connectivity index (χ0) is 18.6. The molecule has 25 heavy (non-hydrogen) atoms. The molecule has 136 valence electrons. The summed E-state index contributed by atoms with van der Waals surface area (Å²) in [5, 5.41) is 11.3. The molecule has 0 unspecified atom stereocenters. The van der Waals surface area contributed by atoms with Gasteiger partial charge in [0.25, 0.3) is 0 Å². The molecule has 0 radical (unpaired) electrons. The second-order valence-electron chi connectivity index (χ2n) is 5.66. The summed E-state index contributed by atoms with van der Waals surface area (Å²) in [6.45, 7) is 6.65. The lowest BCUT2D eigenvalue weighted by molar-refractivity contribution is -0.137. The number of hydrogen-bond donors (Lipinski definition) is 1. The summed E-state index contributed by atoms with van der Waals surface area (Å²) >= 11 is 1.20. The molecule has 9 heteroatoms. The highest BCUT2D eigenvalue weighted by Crippen LogP contribution is 2.30. The van der Waals surface area contributed by atoms with Gasteiger partial charge in [-0.2, -0.15) is 13.2 Å². The van der Waals surface area contributed by atoms with Gasteiger partial charge >= 0.3 is 6.18 Å². The van der Waals surface area contributed by atoms with Gasteiger partial charge in [0.2, 0.25) is 5.91 Å². The fraction of sp³-hybridized carbons (Fsp3) is 0.438. The lowest BCUT2D eigenvalue weighted by atomic mass is 10.2. The molecule has 0 aliphatic heterocycles. The van der Waals surface area contributed by atoms with E-state index in [1.165, 1.54) is 23.9 Å². The van der Waals surface area contributed by atoms with Gasteiger partial charge in [0.15, 0.2) is 5.16 Å². The molecule has 1 aromatic heterocycles. The number of halogens is 3. The van der Waals surface area contributed by atoms with Crippen molar-refractivity contribution in [3.8, 4) is 0 Å². The highest BCUT2D eigenvalue weighted by atomic mass is 32.2. The minimum Gasteiger partial charge on any atom is -0.325 e. The van der Waals surface area contributed by atoms with E-state index in [-0.39, 0.29) is 17.4 Å². The Hall–Kier alpha value is -2.03. The first-order valence-electron chi connectivity index (χ1n) is 7.75. The molecule has 2 aromatic rings. The molecule has 0 saturated heterocycles. The van der Waals surface area contributed by atoms with Gasteiger partial charge in [-0.3, -0.25) is 4.79 Å². The minimum absolute atomic E-state index is 0.0342. The predicted octanol–water partition coefficient (Wildman–Crippen LogP) is 4.17. The summed E-state index contributed by atoms with van der Waals surface area (Å²) in [5.74, 6) is 0.678. The summed E-state index contributed by atoms with van der Waals surface area (Å²) in [7, 11) is 0. The van der Waals surface area contributed by atoms with E-state index in [2.05, 4.69) is 15.5 Å². The SMILES string of the molecule is CCn1c(SCC(=O)Nc2cccc(C(F)(F)F)c2)nnc1C(C)C. The molecule has 0 bridgehead atoms. The number of rotatable bonds is 6. The van der Waals surface area contributed by atoms with Crippen molar-refractivity contribution in [3.63, 3.8) is 0 Å². The Bertz CT molecular complexity index is 743. The number of thioether (sulfide) groups is 1. The number of hydrogen-bond acceptors (Lipinski definition) is 4. The molecule has 0 spiro atoms. The summed E-state index contributed by atoms with van der Waals surface area (Å²) in [6.07, 6.45) is -4.44. The first-order chi connectivity index (χ1) is 11.7. The van der Waals surface area contributed by atoms with Crippen LogP contribution in [0.2, 0.25) is 0 Å². The fourth-order valence-electron chi connectivity index (χ4n) is 2.23. The van der Waals surface area contributed by atoms with E-state index in [0.29, 0.717) is 11.7 Å². The molecular weight excluding hydrogens is 353 g/mol. The highest BCUT2D eigenvalue weighted by Gasteiger charge is 2.30. The topological polar surface area (TPSA) is 59.8 Å². The number of nitrogens with one attached hydrogen (secondary N) is 1. The summed E-state index contributed by atoms with van der Waals surface area (Å²) in [4.78, 5) is 12.0. The smallest absolute Gasteiger partial charge is 0.325 e. The number of alkyl halides is 3. The first-order valence-corrected chi connectivity index (χ1v) is 8.74. The van der Waals surface area contributed by atoms with Gasteiger partial charge in [0.1, 0.15) is 5.82 Å². The second-order valence-corrected chi connectivity index (χ2v) is 6.60. The Labute approximate surface area is 148 Å². The Morgan fingerprint density at radius 1 is 1.32 bits per heavy atom. The number of carbonyl (C=O) groups is 1. The Kier molecular flexibility index (Phi) is 6.10. The number of aromatic nitrogens is 3. The number of carbonyl (C=O) groups excluding carboxylic acids is 1. The van der Waals surface area contributed by atoms with Crippen LogP contribution in [0.3, 0.4) is 0 Å². The molecule has 0 atom stereocenters. The lowest BCUT2D eigenvalue weighted by Crippen LogP contribution is -2.15.